The van der Waals surface area contributed by atoms with Gasteiger partial charge in [-0.2, -0.15) is 0 Å². The van der Waals surface area contributed by atoms with Crippen LogP contribution in [0.25, 0.3) is 0 Å². The molecule has 0 saturated carbocycles. The lowest BCUT2D eigenvalue weighted by atomic mass is 10.0. The molecule has 0 aromatic heterocycles. The normalized spacial score (nSPS) is 19.6. The van der Waals surface area contributed by atoms with Gasteiger partial charge in [0.1, 0.15) is 0 Å². The van der Waals surface area contributed by atoms with Gasteiger partial charge in [0, 0.05) is 37.3 Å². The van der Waals surface area contributed by atoms with Gasteiger partial charge in [0.25, 0.3) is 0 Å². The van der Waals surface area contributed by atoms with Crippen LogP contribution in [-0.2, 0) is 9.59 Å². The van der Waals surface area contributed by atoms with E-state index in [9.17, 15) is 9.59 Å². The van der Waals surface area contributed by atoms with Crippen molar-refractivity contribution in [3.63, 3.8) is 0 Å². The average molecular weight is 389 g/mol. The second kappa shape index (κ2) is 8.82. The standard InChI is InChI=1S/C21H31N3O4/c1-5-23(6-2)17(14(3)4)11-22-21(26)15-9-20(25)24(12-15)16-7-8-18-19(10-16)28-13-27-18/h7-8,10,14-15,17H,5-6,9,11-13H2,1-4H3,(H,22,26)/t15-,17+/m0/s1. The molecular weight excluding hydrogens is 358 g/mol. The number of hydrogen-bond donors (Lipinski definition) is 1. The van der Waals surface area contributed by atoms with Crippen LogP contribution in [0.2, 0.25) is 0 Å². The fourth-order valence-electron chi connectivity index (χ4n) is 4.01. The lowest BCUT2D eigenvalue weighted by Gasteiger charge is -2.33. The quantitative estimate of drug-likeness (QED) is 0.738. The first-order valence-corrected chi connectivity index (χ1v) is 10.2. The fraction of sp³-hybridized carbons (Fsp3) is 0.619. The number of carbonyl (C=O) groups is 2. The molecule has 1 N–H and O–H groups in total. The SMILES string of the molecule is CCN(CC)[C@H](CNC(=O)[C@H]1CC(=O)N(c2ccc3c(c2)OCO3)C1)C(C)C. The molecule has 1 aromatic rings. The lowest BCUT2D eigenvalue weighted by molar-refractivity contribution is -0.126. The highest BCUT2D eigenvalue weighted by Gasteiger charge is 2.36. The van der Waals surface area contributed by atoms with Crippen molar-refractivity contribution in [1.82, 2.24) is 10.2 Å². The Bertz CT molecular complexity index is 718. The number of fused-ring (bicyclic) bond motifs is 1. The van der Waals surface area contributed by atoms with Crippen molar-refractivity contribution >= 4 is 17.5 Å². The third kappa shape index (κ3) is 4.24. The zero-order valence-corrected chi connectivity index (χ0v) is 17.2. The summed E-state index contributed by atoms with van der Waals surface area (Å²) in [5.41, 5.74) is 0.743. The monoisotopic (exact) mass is 389 g/mol. The van der Waals surface area contributed by atoms with Crippen molar-refractivity contribution in [2.45, 2.75) is 40.2 Å². The first-order valence-electron chi connectivity index (χ1n) is 10.2. The van der Waals surface area contributed by atoms with Gasteiger partial charge in [0.05, 0.1) is 5.92 Å². The van der Waals surface area contributed by atoms with Crippen molar-refractivity contribution < 1.29 is 19.1 Å². The van der Waals surface area contributed by atoms with E-state index in [4.69, 9.17) is 9.47 Å². The highest BCUT2D eigenvalue weighted by molar-refractivity contribution is 6.00. The number of hydrogen-bond acceptors (Lipinski definition) is 5. The van der Waals surface area contributed by atoms with Crippen LogP contribution in [0.5, 0.6) is 11.5 Å². The molecule has 0 spiro atoms. The van der Waals surface area contributed by atoms with Crippen molar-refractivity contribution in [2.24, 2.45) is 11.8 Å². The van der Waals surface area contributed by atoms with Gasteiger partial charge in [-0.3, -0.25) is 14.5 Å². The van der Waals surface area contributed by atoms with E-state index < -0.39 is 0 Å². The van der Waals surface area contributed by atoms with Crippen LogP contribution in [0, 0.1) is 11.8 Å². The zero-order chi connectivity index (χ0) is 20.3. The second-order valence-corrected chi connectivity index (χ2v) is 7.72. The van der Waals surface area contributed by atoms with Crippen LogP contribution >= 0.6 is 0 Å². The molecule has 1 saturated heterocycles. The third-order valence-corrected chi connectivity index (χ3v) is 5.70. The van der Waals surface area contributed by atoms with Gasteiger partial charge in [-0.25, -0.2) is 0 Å². The summed E-state index contributed by atoms with van der Waals surface area (Å²) in [5.74, 6) is 1.34. The average Bonchev–Trinajstić information content (AvgIpc) is 3.30. The number of benzene rings is 1. The highest BCUT2D eigenvalue weighted by atomic mass is 16.7. The Balaban J connectivity index is 1.60. The molecule has 0 radical (unpaired) electrons. The number of ether oxygens (including phenoxy) is 2. The Labute approximate surface area is 167 Å². The molecule has 0 unspecified atom stereocenters. The number of nitrogens with one attached hydrogen (secondary N) is 1. The van der Waals surface area contributed by atoms with Crippen LogP contribution in [0.4, 0.5) is 5.69 Å². The van der Waals surface area contributed by atoms with Gasteiger partial charge in [-0.15, -0.1) is 0 Å². The fourth-order valence-corrected chi connectivity index (χ4v) is 4.01. The van der Waals surface area contributed by atoms with Crippen molar-refractivity contribution in [1.29, 1.82) is 0 Å². The van der Waals surface area contributed by atoms with Gasteiger partial charge >= 0.3 is 0 Å². The zero-order valence-electron chi connectivity index (χ0n) is 17.2. The number of amides is 2. The molecule has 0 aliphatic carbocycles. The molecule has 2 amide bonds. The van der Waals surface area contributed by atoms with Gasteiger partial charge < -0.3 is 19.7 Å². The van der Waals surface area contributed by atoms with Crippen molar-refractivity contribution in [3.8, 4) is 11.5 Å². The molecule has 1 fully saturated rings. The summed E-state index contributed by atoms with van der Waals surface area (Å²) in [5, 5.41) is 3.09. The molecule has 2 aliphatic rings. The number of nitrogens with zero attached hydrogens (tertiary/aromatic N) is 2. The minimum Gasteiger partial charge on any atom is -0.454 e. The predicted octanol–water partition coefficient (Wildman–Crippen LogP) is 2.25. The van der Waals surface area contributed by atoms with Gasteiger partial charge in [0.15, 0.2) is 11.5 Å². The Hall–Kier alpha value is -2.28. The molecule has 154 valence electrons. The summed E-state index contributed by atoms with van der Waals surface area (Å²) in [7, 11) is 0. The summed E-state index contributed by atoms with van der Waals surface area (Å²) in [6.45, 7) is 11.7. The largest absolute Gasteiger partial charge is 0.454 e. The lowest BCUT2D eigenvalue weighted by Crippen LogP contribution is -2.48. The van der Waals surface area contributed by atoms with E-state index >= 15 is 0 Å². The van der Waals surface area contributed by atoms with Crippen LogP contribution in [0.3, 0.4) is 0 Å². The molecule has 3 rings (SSSR count). The Kier molecular flexibility index (Phi) is 6.44. The van der Waals surface area contributed by atoms with Crippen LogP contribution in [0.1, 0.15) is 34.1 Å². The van der Waals surface area contributed by atoms with E-state index in [1.54, 1.807) is 17.0 Å². The first-order chi connectivity index (χ1) is 13.4. The number of likely N-dealkylation sites (N-methyl/N-ethyl adjacent to an activating group) is 1. The molecule has 2 atom stereocenters. The summed E-state index contributed by atoms with van der Waals surface area (Å²) in [4.78, 5) is 29.3. The molecular formula is C21H31N3O4. The highest BCUT2D eigenvalue weighted by Crippen LogP contribution is 2.37. The minimum absolute atomic E-state index is 0.0387. The van der Waals surface area contributed by atoms with Gasteiger partial charge in [-0.1, -0.05) is 27.7 Å². The predicted molar refractivity (Wildman–Crippen MR) is 108 cm³/mol. The smallest absolute Gasteiger partial charge is 0.231 e. The van der Waals surface area contributed by atoms with E-state index in [0.29, 0.717) is 36.5 Å². The Morgan fingerprint density at radius 3 is 2.64 bits per heavy atom. The van der Waals surface area contributed by atoms with E-state index in [2.05, 4.69) is 37.9 Å². The van der Waals surface area contributed by atoms with Crippen LogP contribution < -0.4 is 19.7 Å². The van der Waals surface area contributed by atoms with Crippen molar-refractivity contribution in [3.05, 3.63) is 18.2 Å². The van der Waals surface area contributed by atoms with E-state index in [1.165, 1.54) is 0 Å². The Morgan fingerprint density at radius 2 is 1.96 bits per heavy atom. The summed E-state index contributed by atoms with van der Waals surface area (Å²) >= 11 is 0. The van der Waals surface area contributed by atoms with Gasteiger partial charge in [0.2, 0.25) is 18.6 Å². The first kappa shape index (κ1) is 20.5. The molecule has 2 aliphatic heterocycles. The topological polar surface area (TPSA) is 71.1 Å². The number of anilines is 1. The van der Waals surface area contributed by atoms with Gasteiger partial charge in [-0.05, 0) is 31.1 Å². The number of carbonyl (C=O) groups excluding carboxylic acids is 2. The second-order valence-electron chi connectivity index (χ2n) is 7.72. The molecule has 7 nitrogen and oxygen atoms in total. The minimum atomic E-state index is -0.331. The summed E-state index contributed by atoms with van der Waals surface area (Å²) < 4.78 is 10.7. The molecule has 28 heavy (non-hydrogen) atoms. The molecule has 1 aromatic carbocycles. The van der Waals surface area contributed by atoms with Crippen LogP contribution in [0.15, 0.2) is 18.2 Å². The molecule has 0 bridgehead atoms. The maximum atomic E-state index is 12.7. The summed E-state index contributed by atoms with van der Waals surface area (Å²) in [6.07, 6.45) is 0.234. The Morgan fingerprint density at radius 1 is 1.25 bits per heavy atom. The number of rotatable bonds is 8. The van der Waals surface area contributed by atoms with E-state index in [0.717, 1.165) is 18.8 Å². The van der Waals surface area contributed by atoms with Crippen LogP contribution in [-0.4, -0.2) is 55.7 Å². The van der Waals surface area contributed by atoms with E-state index in [1.807, 2.05) is 6.07 Å². The maximum Gasteiger partial charge on any atom is 0.231 e. The molecule has 7 heteroatoms. The maximum absolute atomic E-state index is 12.7. The third-order valence-electron chi connectivity index (χ3n) is 5.70. The molecule has 2 heterocycles. The van der Waals surface area contributed by atoms with Crippen molar-refractivity contribution in [2.75, 3.05) is 37.9 Å². The summed E-state index contributed by atoms with van der Waals surface area (Å²) in [6, 6.07) is 5.73. The van der Waals surface area contributed by atoms with E-state index in [-0.39, 0.29) is 30.9 Å².